The van der Waals surface area contributed by atoms with Gasteiger partial charge in [0.05, 0.1) is 17.1 Å². The fourth-order valence-electron chi connectivity index (χ4n) is 4.26. The first kappa shape index (κ1) is 24.0. The molecule has 2 N–H and O–H groups in total. The highest BCUT2D eigenvalue weighted by Gasteiger charge is 2.23. The fraction of sp³-hybridized carbons (Fsp3) is 0.222. The second-order valence-electron chi connectivity index (χ2n) is 8.34. The minimum absolute atomic E-state index is 0.0925. The number of nitrogens with zero attached hydrogens (tertiary/aromatic N) is 2. The van der Waals surface area contributed by atoms with E-state index in [1.807, 2.05) is 95.6 Å². The van der Waals surface area contributed by atoms with Crippen LogP contribution in [-0.4, -0.2) is 25.1 Å². The van der Waals surface area contributed by atoms with Crippen molar-refractivity contribution >= 4 is 7.60 Å². The molecule has 1 aromatic heterocycles. The Morgan fingerprint density at radius 2 is 1.15 bits per heavy atom. The molecule has 0 aliphatic rings. The van der Waals surface area contributed by atoms with Crippen LogP contribution >= 0.6 is 7.60 Å². The normalized spacial score (nSPS) is 11.6. The Balaban J connectivity index is 1.77. The lowest BCUT2D eigenvalue weighted by Gasteiger charge is -2.12. The molecule has 0 fully saturated rings. The van der Waals surface area contributed by atoms with Crippen molar-refractivity contribution in [3.05, 3.63) is 101 Å². The van der Waals surface area contributed by atoms with Crippen LogP contribution in [-0.2, 0) is 11.1 Å². The molecular formula is C27H29N2O4P. The lowest BCUT2D eigenvalue weighted by atomic mass is 10.0. The Morgan fingerprint density at radius 3 is 1.71 bits per heavy atom. The SMILES string of the molecule is O=c1n(CCCCCCP(=O)(O)O)c(-c2ccccc2)c(-c2ccccc2)n1-c1ccccc1. The highest BCUT2D eigenvalue weighted by atomic mass is 31.2. The van der Waals surface area contributed by atoms with Crippen LogP contribution in [0, 0.1) is 0 Å². The second kappa shape index (κ2) is 10.8. The molecule has 0 saturated heterocycles. The van der Waals surface area contributed by atoms with E-state index in [9.17, 15) is 9.36 Å². The number of hydrogen-bond acceptors (Lipinski definition) is 2. The number of benzene rings is 3. The number of imidazole rings is 1. The van der Waals surface area contributed by atoms with E-state index in [1.165, 1.54) is 0 Å². The van der Waals surface area contributed by atoms with Crippen LogP contribution < -0.4 is 5.69 Å². The lowest BCUT2D eigenvalue weighted by molar-refractivity contribution is 0.370. The summed E-state index contributed by atoms with van der Waals surface area (Å²) >= 11 is 0. The highest BCUT2D eigenvalue weighted by molar-refractivity contribution is 7.51. The molecule has 0 bridgehead atoms. The molecule has 0 amide bonds. The van der Waals surface area contributed by atoms with Gasteiger partial charge in [0.25, 0.3) is 0 Å². The van der Waals surface area contributed by atoms with E-state index in [1.54, 1.807) is 4.57 Å². The van der Waals surface area contributed by atoms with Gasteiger partial charge in [-0.1, -0.05) is 91.7 Å². The van der Waals surface area contributed by atoms with Gasteiger partial charge in [-0.05, 0) is 25.0 Å². The van der Waals surface area contributed by atoms with Crippen LogP contribution in [0.1, 0.15) is 25.7 Å². The molecule has 34 heavy (non-hydrogen) atoms. The highest BCUT2D eigenvalue weighted by Crippen LogP contribution is 2.36. The van der Waals surface area contributed by atoms with Crippen LogP contribution in [0.5, 0.6) is 0 Å². The van der Waals surface area contributed by atoms with Gasteiger partial charge in [0, 0.05) is 23.8 Å². The van der Waals surface area contributed by atoms with Crippen molar-refractivity contribution in [1.82, 2.24) is 9.13 Å². The van der Waals surface area contributed by atoms with Gasteiger partial charge in [-0.2, -0.15) is 0 Å². The van der Waals surface area contributed by atoms with Gasteiger partial charge in [0.2, 0.25) is 0 Å². The summed E-state index contributed by atoms with van der Waals surface area (Å²) in [5, 5.41) is 0. The van der Waals surface area contributed by atoms with Crippen LogP contribution in [0.3, 0.4) is 0 Å². The molecule has 3 aromatic carbocycles. The van der Waals surface area contributed by atoms with Crippen LogP contribution in [0.2, 0.25) is 0 Å². The summed E-state index contributed by atoms with van der Waals surface area (Å²) in [6, 6.07) is 29.6. The number of para-hydroxylation sites is 1. The summed E-state index contributed by atoms with van der Waals surface area (Å²) < 4.78 is 14.7. The van der Waals surface area contributed by atoms with Crippen molar-refractivity contribution in [2.24, 2.45) is 0 Å². The van der Waals surface area contributed by atoms with Crippen LogP contribution in [0.15, 0.2) is 95.8 Å². The summed E-state index contributed by atoms with van der Waals surface area (Å²) in [7, 11) is -3.96. The van der Waals surface area contributed by atoms with Crippen molar-refractivity contribution in [1.29, 1.82) is 0 Å². The third-order valence-corrected chi connectivity index (χ3v) is 6.73. The van der Waals surface area contributed by atoms with Crippen molar-refractivity contribution in [3.63, 3.8) is 0 Å². The minimum Gasteiger partial charge on any atom is -0.324 e. The summed E-state index contributed by atoms with van der Waals surface area (Å²) in [4.78, 5) is 32.0. The van der Waals surface area contributed by atoms with Gasteiger partial charge >= 0.3 is 13.3 Å². The lowest BCUT2D eigenvalue weighted by Crippen LogP contribution is -2.24. The smallest absolute Gasteiger partial charge is 0.324 e. The van der Waals surface area contributed by atoms with Crippen LogP contribution in [0.4, 0.5) is 0 Å². The quantitative estimate of drug-likeness (QED) is 0.227. The van der Waals surface area contributed by atoms with Gasteiger partial charge in [-0.3, -0.25) is 13.7 Å². The second-order valence-corrected chi connectivity index (χ2v) is 10.1. The average molecular weight is 477 g/mol. The number of aromatic nitrogens is 2. The summed E-state index contributed by atoms with van der Waals surface area (Å²) in [6.45, 7) is 0.526. The Bertz CT molecular complexity index is 1310. The molecule has 6 nitrogen and oxygen atoms in total. The maximum atomic E-state index is 13.8. The van der Waals surface area contributed by atoms with E-state index in [4.69, 9.17) is 9.79 Å². The zero-order valence-electron chi connectivity index (χ0n) is 19.0. The molecule has 0 spiro atoms. The van der Waals surface area contributed by atoms with Gasteiger partial charge in [0.1, 0.15) is 0 Å². The maximum Gasteiger partial charge on any atom is 0.333 e. The Labute approximate surface area is 199 Å². The Morgan fingerprint density at radius 1 is 0.647 bits per heavy atom. The maximum absolute atomic E-state index is 13.8. The molecule has 0 saturated carbocycles. The average Bonchev–Trinajstić information content (AvgIpc) is 3.14. The third-order valence-electron chi connectivity index (χ3n) is 5.83. The van der Waals surface area contributed by atoms with Crippen molar-refractivity contribution < 1.29 is 14.4 Å². The molecule has 0 radical (unpaired) electrons. The molecule has 7 heteroatoms. The molecule has 0 aliphatic heterocycles. The van der Waals surface area contributed by atoms with Gasteiger partial charge in [-0.15, -0.1) is 0 Å². The Hall–Kier alpha value is -3.18. The first-order chi connectivity index (χ1) is 16.5. The molecule has 0 atom stereocenters. The van der Waals surface area contributed by atoms with Crippen molar-refractivity contribution in [2.75, 3.05) is 6.16 Å². The monoisotopic (exact) mass is 476 g/mol. The fourth-order valence-corrected chi connectivity index (χ4v) is 4.90. The molecule has 0 aliphatic carbocycles. The zero-order valence-corrected chi connectivity index (χ0v) is 19.8. The molecule has 1 heterocycles. The Kier molecular flexibility index (Phi) is 7.63. The first-order valence-corrected chi connectivity index (χ1v) is 13.3. The summed E-state index contributed by atoms with van der Waals surface area (Å²) in [5.41, 5.74) is 4.36. The molecule has 0 unspecified atom stereocenters. The number of rotatable bonds is 10. The molecule has 176 valence electrons. The molecular weight excluding hydrogens is 447 g/mol. The first-order valence-electron chi connectivity index (χ1n) is 11.5. The number of hydrogen-bond donors (Lipinski definition) is 2. The van der Waals surface area contributed by atoms with E-state index < -0.39 is 7.60 Å². The molecule has 4 aromatic rings. The van der Waals surface area contributed by atoms with E-state index in [2.05, 4.69) is 0 Å². The van der Waals surface area contributed by atoms with Crippen molar-refractivity contribution in [3.8, 4) is 28.2 Å². The predicted octanol–water partition coefficient (Wildman–Crippen LogP) is 5.71. The largest absolute Gasteiger partial charge is 0.333 e. The predicted molar refractivity (Wildman–Crippen MR) is 136 cm³/mol. The summed E-state index contributed by atoms with van der Waals surface area (Å²) in [5.74, 6) is 0. The number of unbranched alkanes of at least 4 members (excludes halogenated alkanes) is 3. The summed E-state index contributed by atoms with van der Waals surface area (Å²) in [6.07, 6.45) is 2.63. The van der Waals surface area contributed by atoms with E-state index >= 15 is 0 Å². The standard InChI is InChI=1S/C27H29N2O4P/c30-27-28(20-12-1-2-13-21-34(31,32)33)25(22-14-6-3-7-15-22)26(23-16-8-4-9-17-23)29(27)24-18-10-5-11-19-24/h3-11,14-19H,1-2,12-13,20-21H2,(H2,31,32,33). The van der Waals surface area contributed by atoms with Gasteiger partial charge in [0.15, 0.2) is 0 Å². The van der Waals surface area contributed by atoms with Crippen LogP contribution in [0.25, 0.3) is 28.2 Å². The zero-order chi connectivity index (χ0) is 24.0. The topological polar surface area (TPSA) is 84.5 Å². The third kappa shape index (κ3) is 5.65. The van der Waals surface area contributed by atoms with E-state index in [-0.39, 0.29) is 11.9 Å². The van der Waals surface area contributed by atoms with E-state index in [0.29, 0.717) is 19.4 Å². The van der Waals surface area contributed by atoms with E-state index in [0.717, 1.165) is 41.0 Å². The minimum atomic E-state index is -3.96. The van der Waals surface area contributed by atoms with Crippen molar-refractivity contribution in [2.45, 2.75) is 32.2 Å². The van der Waals surface area contributed by atoms with Gasteiger partial charge in [-0.25, -0.2) is 4.79 Å². The molecule has 4 rings (SSSR count). The van der Waals surface area contributed by atoms with Gasteiger partial charge < -0.3 is 9.79 Å².